The first kappa shape index (κ1) is 22.5. The Bertz CT molecular complexity index is 706. The van der Waals surface area contributed by atoms with Gasteiger partial charge >= 0.3 is 6.18 Å². The van der Waals surface area contributed by atoms with Gasteiger partial charge in [0.2, 0.25) is 5.91 Å². The molecule has 28 heavy (non-hydrogen) atoms. The molecule has 0 unspecified atom stereocenters. The number of nitrogens with two attached hydrogens (primary N) is 1. The van der Waals surface area contributed by atoms with Crippen LogP contribution >= 0.6 is 12.4 Å². The Balaban J connectivity index is 0.00000280. The first-order valence-electron chi connectivity index (χ1n) is 9.25. The molecule has 0 bridgehead atoms. The maximum atomic E-state index is 12.8. The summed E-state index contributed by atoms with van der Waals surface area (Å²) in [6.07, 6.45) is -1.07. The van der Waals surface area contributed by atoms with E-state index in [0.717, 1.165) is 31.4 Å². The fraction of sp³-hybridized carbons (Fsp3) is 0.579. The van der Waals surface area contributed by atoms with Crippen LogP contribution in [0.15, 0.2) is 24.3 Å². The molecule has 1 aliphatic carbocycles. The summed E-state index contributed by atoms with van der Waals surface area (Å²) in [5.41, 5.74) is 5.20. The van der Waals surface area contributed by atoms with E-state index in [-0.39, 0.29) is 35.8 Å². The number of halogens is 4. The monoisotopic (exact) mass is 419 g/mol. The van der Waals surface area contributed by atoms with E-state index in [9.17, 15) is 22.8 Å². The minimum absolute atomic E-state index is 0. The van der Waals surface area contributed by atoms with Gasteiger partial charge in [-0.05, 0) is 37.0 Å². The molecule has 5 nitrogen and oxygen atoms in total. The molecule has 156 valence electrons. The van der Waals surface area contributed by atoms with Crippen LogP contribution in [0.4, 0.5) is 13.2 Å². The van der Waals surface area contributed by atoms with Gasteiger partial charge in [-0.25, -0.2) is 0 Å². The Hall–Kier alpha value is -1.80. The molecule has 1 saturated carbocycles. The fourth-order valence-corrected chi connectivity index (χ4v) is 3.84. The second-order valence-electron chi connectivity index (χ2n) is 7.31. The molecule has 2 N–H and O–H groups in total. The lowest BCUT2D eigenvalue weighted by Crippen LogP contribution is -2.51. The summed E-state index contributed by atoms with van der Waals surface area (Å²) < 4.78 is 38.5. The number of amides is 2. The molecule has 1 aliphatic heterocycles. The van der Waals surface area contributed by atoms with Crippen molar-refractivity contribution >= 4 is 24.2 Å². The molecule has 9 heteroatoms. The Morgan fingerprint density at radius 2 is 1.71 bits per heavy atom. The Morgan fingerprint density at radius 3 is 2.29 bits per heavy atom. The molecule has 1 aromatic carbocycles. The quantitative estimate of drug-likeness (QED) is 0.819. The van der Waals surface area contributed by atoms with Crippen molar-refractivity contribution in [3.8, 4) is 0 Å². The molecule has 0 aromatic heterocycles. The number of carbonyl (C=O) groups excluding carboxylic acids is 2. The normalized spacial score (nSPS) is 22.7. The molecule has 0 spiro atoms. The third kappa shape index (κ3) is 5.17. The van der Waals surface area contributed by atoms with Crippen LogP contribution in [0.5, 0.6) is 0 Å². The van der Waals surface area contributed by atoms with E-state index in [2.05, 4.69) is 0 Å². The summed E-state index contributed by atoms with van der Waals surface area (Å²) in [6.45, 7) is 1.42. The average molecular weight is 420 g/mol. The van der Waals surface area contributed by atoms with Gasteiger partial charge in [0.1, 0.15) is 0 Å². The van der Waals surface area contributed by atoms with Crippen molar-refractivity contribution in [2.45, 2.75) is 37.9 Å². The Morgan fingerprint density at radius 1 is 1.07 bits per heavy atom. The molecule has 0 radical (unpaired) electrons. The summed E-state index contributed by atoms with van der Waals surface area (Å²) in [5.74, 6) is -0.170. The SMILES string of the molecule is Cl.N[C@@H]1CCC[C@H]1CC(=O)N1CCN(C(=O)c2cccc(C(F)(F)F)c2)CC1. The number of nitrogens with zero attached hydrogens (tertiary/aromatic N) is 2. The first-order chi connectivity index (χ1) is 12.8. The van der Waals surface area contributed by atoms with Crippen molar-refractivity contribution in [2.75, 3.05) is 26.2 Å². The van der Waals surface area contributed by atoms with Crippen LogP contribution < -0.4 is 5.73 Å². The Kier molecular flexibility index (Phi) is 7.33. The lowest BCUT2D eigenvalue weighted by molar-refractivity contribution is -0.137. The van der Waals surface area contributed by atoms with Gasteiger partial charge in [-0.15, -0.1) is 12.4 Å². The van der Waals surface area contributed by atoms with Gasteiger partial charge in [-0.1, -0.05) is 12.5 Å². The highest BCUT2D eigenvalue weighted by molar-refractivity contribution is 5.94. The van der Waals surface area contributed by atoms with Crippen LogP contribution in [0.3, 0.4) is 0 Å². The van der Waals surface area contributed by atoms with Crippen LogP contribution in [0.2, 0.25) is 0 Å². The fourth-order valence-electron chi connectivity index (χ4n) is 3.84. The minimum Gasteiger partial charge on any atom is -0.339 e. The zero-order valence-corrected chi connectivity index (χ0v) is 16.3. The predicted octanol–water partition coefficient (Wildman–Crippen LogP) is 2.93. The van der Waals surface area contributed by atoms with Crippen molar-refractivity contribution in [3.63, 3.8) is 0 Å². The Labute approximate surface area is 168 Å². The van der Waals surface area contributed by atoms with Crippen molar-refractivity contribution in [2.24, 2.45) is 11.7 Å². The lowest BCUT2D eigenvalue weighted by Gasteiger charge is -2.35. The molecule has 1 heterocycles. The maximum Gasteiger partial charge on any atom is 0.416 e. The van der Waals surface area contributed by atoms with Gasteiger partial charge in [0.15, 0.2) is 0 Å². The van der Waals surface area contributed by atoms with Crippen LogP contribution in [-0.2, 0) is 11.0 Å². The van der Waals surface area contributed by atoms with E-state index in [4.69, 9.17) is 5.73 Å². The summed E-state index contributed by atoms with van der Waals surface area (Å²) in [4.78, 5) is 28.2. The predicted molar refractivity (Wildman–Crippen MR) is 101 cm³/mol. The van der Waals surface area contributed by atoms with Gasteiger partial charge in [0.25, 0.3) is 5.91 Å². The maximum absolute atomic E-state index is 12.8. The number of hydrogen-bond donors (Lipinski definition) is 1. The summed E-state index contributed by atoms with van der Waals surface area (Å²) in [6, 6.07) is 4.53. The molecule has 2 aliphatic rings. The summed E-state index contributed by atoms with van der Waals surface area (Å²) in [5, 5.41) is 0. The van der Waals surface area contributed by atoms with Crippen LogP contribution in [0.1, 0.15) is 41.6 Å². The average Bonchev–Trinajstić information content (AvgIpc) is 3.05. The zero-order chi connectivity index (χ0) is 19.6. The molecule has 1 saturated heterocycles. The highest BCUT2D eigenvalue weighted by atomic mass is 35.5. The standard InChI is InChI=1S/C19H24F3N3O2.ClH/c20-19(21,22)15-5-1-4-14(11-15)18(27)25-9-7-24(8-10-25)17(26)12-13-3-2-6-16(13)23;/h1,4-5,11,13,16H,2-3,6-10,12,23H2;1H/t13-,16+;/m0./s1. The number of rotatable bonds is 3. The van der Waals surface area contributed by atoms with Gasteiger partial charge in [-0.2, -0.15) is 13.2 Å². The van der Waals surface area contributed by atoms with E-state index < -0.39 is 17.6 Å². The summed E-state index contributed by atoms with van der Waals surface area (Å²) in [7, 11) is 0. The number of alkyl halides is 3. The topological polar surface area (TPSA) is 66.6 Å². The van der Waals surface area contributed by atoms with Crippen LogP contribution in [0.25, 0.3) is 0 Å². The van der Waals surface area contributed by atoms with Gasteiger partial charge in [-0.3, -0.25) is 9.59 Å². The molecular formula is C19H25ClF3N3O2. The number of carbonyl (C=O) groups is 2. The zero-order valence-electron chi connectivity index (χ0n) is 15.5. The van der Waals surface area contributed by atoms with Crippen molar-refractivity contribution in [1.82, 2.24) is 9.80 Å². The van der Waals surface area contributed by atoms with Crippen molar-refractivity contribution in [1.29, 1.82) is 0 Å². The van der Waals surface area contributed by atoms with Crippen LogP contribution in [-0.4, -0.2) is 53.8 Å². The number of hydrogen-bond acceptors (Lipinski definition) is 3. The number of benzene rings is 1. The van der Waals surface area contributed by atoms with Crippen molar-refractivity contribution in [3.05, 3.63) is 35.4 Å². The molecular weight excluding hydrogens is 395 g/mol. The van der Waals surface area contributed by atoms with E-state index >= 15 is 0 Å². The lowest BCUT2D eigenvalue weighted by atomic mass is 9.99. The third-order valence-corrected chi connectivity index (χ3v) is 5.51. The van der Waals surface area contributed by atoms with E-state index in [1.165, 1.54) is 17.0 Å². The first-order valence-corrected chi connectivity index (χ1v) is 9.25. The molecule has 1 aromatic rings. The highest BCUT2D eigenvalue weighted by Gasteiger charge is 2.33. The van der Waals surface area contributed by atoms with Gasteiger partial charge in [0.05, 0.1) is 5.56 Å². The molecule has 2 amide bonds. The smallest absolute Gasteiger partial charge is 0.339 e. The molecule has 2 fully saturated rings. The second-order valence-corrected chi connectivity index (χ2v) is 7.31. The third-order valence-electron chi connectivity index (χ3n) is 5.51. The van der Waals surface area contributed by atoms with E-state index in [1.54, 1.807) is 4.90 Å². The van der Waals surface area contributed by atoms with Crippen LogP contribution in [0, 0.1) is 5.92 Å². The highest BCUT2D eigenvalue weighted by Crippen LogP contribution is 2.30. The van der Waals surface area contributed by atoms with Gasteiger partial charge in [0, 0.05) is 44.2 Å². The molecule has 2 atom stereocenters. The van der Waals surface area contributed by atoms with Crippen molar-refractivity contribution < 1.29 is 22.8 Å². The summed E-state index contributed by atoms with van der Waals surface area (Å²) >= 11 is 0. The second kappa shape index (κ2) is 9.13. The van der Waals surface area contributed by atoms with E-state index in [0.29, 0.717) is 32.6 Å². The largest absolute Gasteiger partial charge is 0.416 e. The number of piperazine rings is 1. The molecule has 3 rings (SSSR count). The van der Waals surface area contributed by atoms with Gasteiger partial charge < -0.3 is 15.5 Å². The minimum atomic E-state index is -4.48. The van der Waals surface area contributed by atoms with E-state index in [1.807, 2.05) is 0 Å².